The molecule has 9 heavy (non-hydrogen) atoms. The molecule has 0 saturated carbocycles. The van der Waals surface area contributed by atoms with Gasteiger partial charge in [0, 0.05) is 6.20 Å². The summed E-state index contributed by atoms with van der Waals surface area (Å²) < 4.78 is 12.3. The van der Waals surface area contributed by atoms with Crippen LogP contribution in [0.4, 0.5) is 10.1 Å². The van der Waals surface area contributed by atoms with Crippen LogP contribution in [-0.2, 0) is 0 Å². The Morgan fingerprint density at radius 2 is 2.33 bits per heavy atom. The van der Waals surface area contributed by atoms with Crippen molar-refractivity contribution in [3.05, 3.63) is 23.2 Å². The van der Waals surface area contributed by atoms with Crippen molar-refractivity contribution >= 4 is 17.3 Å². The highest BCUT2D eigenvalue weighted by molar-refractivity contribution is 6.33. The van der Waals surface area contributed by atoms with Gasteiger partial charge in [0.25, 0.3) is 0 Å². The summed E-state index contributed by atoms with van der Waals surface area (Å²) in [5.74, 6) is -0.725. The van der Waals surface area contributed by atoms with E-state index in [0.29, 0.717) is 0 Å². The van der Waals surface area contributed by atoms with Crippen LogP contribution in [0.3, 0.4) is 0 Å². The predicted molar refractivity (Wildman–Crippen MR) is 33.6 cm³/mol. The molecule has 0 aliphatic rings. The first kappa shape index (κ1) is 6.29. The molecule has 0 saturated heterocycles. The van der Waals surface area contributed by atoms with Gasteiger partial charge in [-0.15, -0.1) is 0 Å². The van der Waals surface area contributed by atoms with E-state index in [0.717, 1.165) is 0 Å². The minimum Gasteiger partial charge on any atom is -0.397 e. The average molecular weight is 147 g/mol. The molecular weight excluding hydrogens is 143 g/mol. The smallest absolute Gasteiger partial charge is 0.233 e. The molecular formula is C5H4ClFN2. The molecule has 0 fully saturated rings. The Kier molecular flexibility index (Phi) is 1.53. The van der Waals surface area contributed by atoms with Crippen LogP contribution < -0.4 is 5.73 Å². The number of hydrogen-bond acceptors (Lipinski definition) is 2. The largest absolute Gasteiger partial charge is 0.397 e. The summed E-state index contributed by atoms with van der Waals surface area (Å²) in [5.41, 5.74) is 5.42. The summed E-state index contributed by atoms with van der Waals surface area (Å²) in [6.07, 6.45) is 1.26. The van der Waals surface area contributed by atoms with Crippen molar-refractivity contribution in [3.8, 4) is 0 Å². The van der Waals surface area contributed by atoms with Crippen LogP contribution in [-0.4, -0.2) is 4.98 Å². The maximum Gasteiger partial charge on any atom is 0.233 e. The van der Waals surface area contributed by atoms with Crippen LogP contribution in [0, 0.1) is 5.95 Å². The normalized spacial score (nSPS) is 9.56. The Hall–Kier alpha value is -0.830. The molecule has 0 spiro atoms. The van der Waals surface area contributed by atoms with Crippen molar-refractivity contribution in [1.29, 1.82) is 0 Å². The second kappa shape index (κ2) is 2.19. The number of pyridine rings is 1. The van der Waals surface area contributed by atoms with Crippen LogP contribution in [0.2, 0.25) is 5.02 Å². The van der Waals surface area contributed by atoms with Gasteiger partial charge < -0.3 is 5.73 Å². The van der Waals surface area contributed by atoms with Gasteiger partial charge in [0.05, 0.1) is 5.69 Å². The van der Waals surface area contributed by atoms with E-state index in [1.807, 2.05) is 0 Å². The van der Waals surface area contributed by atoms with E-state index in [2.05, 4.69) is 4.98 Å². The van der Waals surface area contributed by atoms with Gasteiger partial charge in [-0.1, -0.05) is 11.6 Å². The van der Waals surface area contributed by atoms with Gasteiger partial charge in [0.2, 0.25) is 5.95 Å². The minimum absolute atomic E-state index is 0.113. The lowest BCUT2D eigenvalue weighted by Gasteiger charge is -1.94. The lowest BCUT2D eigenvalue weighted by atomic mass is 10.4. The van der Waals surface area contributed by atoms with E-state index < -0.39 is 5.95 Å². The third-order valence-electron chi connectivity index (χ3n) is 0.877. The molecule has 2 N–H and O–H groups in total. The van der Waals surface area contributed by atoms with Crippen molar-refractivity contribution < 1.29 is 4.39 Å². The first-order valence-electron chi connectivity index (χ1n) is 2.27. The van der Waals surface area contributed by atoms with Crippen molar-refractivity contribution in [2.75, 3.05) is 5.73 Å². The average Bonchev–Trinajstić information content (AvgIpc) is 1.83. The highest BCUT2D eigenvalue weighted by Gasteiger charge is 2.01. The van der Waals surface area contributed by atoms with E-state index in [1.54, 1.807) is 0 Å². The molecule has 1 aromatic heterocycles. The monoisotopic (exact) mass is 146 g/mol. The number of nitrogens with zero attached hydrogens (tertiary/aromatic N) is 1. The summed E-state index contributed by atoms with van der Waals surface area (Å²) in [5, 5.41) is -0.113. The van der Waals surface area contributed by atoms with Gasteiger partial charge in [-0.05, 0) is 6.07 Å². The maximum absolute atomic E-state index is 12.3. The van der Waals surface area contributed by atoms with E-state index in [9.17, 15) is 4.39 Å². The molecule has 0 unspecified atom stereocenters. The third-order valence-corrected chi connectivity index (χ3v) is 1.25. The first-order valence-corrected chi connectivity index (χ1v) is 2.65. The molecule has 0 atom stereocenters. The van der Waals surface area contributed by atoms with Crippen LogP contribution in [0.1, 0.15) is 0 Å². The number of nitrogen functional groups attached to an aromatic ring is 1. The van der Waals surface area contributed by atoms with Gasteiger partial charge in [0.1, 0.15) is 5.02 Å². The van der Waals surface area contributed by atoms with Gasteiger partial charge in [0.15, 0.2) is 0 Å². The molecule has 2 nitrogen and oxygen atoms in total. The number of rotatable bonds is 0. The molecule has 0 amide bonds. The van der Waals surface area contributed by atoms with Crippen LogP contribution in [0.15, 0.2) is 12.3 Å². The Bertz CT molecular complexity index is 206. The van der Waals surface area contributed by atoms with Gasteiger partial charge in [-0.2, -0.15) is 4.39 Å². The summed E-state index contributed by atoms with van der Waals surface area (Å²) in [6, 6.07) is 1.44. The van der Waals surface area contributed by atoms with E-state index >= 15 is 0 Å². The molecule has 0 aliphatic carbocycles. The fourth-order valence-electron chi connectivity index (χ4n) is 0.432. The molecule has 0 aliphatic heterocycles. The number of aromatic nitrogens is 1. The fraction of sp³-hybridized carbons (Fsp3) is 0. The minimum atomic E-state index is -0.725. The molecule has 0 radical (unpaired) electrons. The standard InChI is InChI=1S/C5H4ClFN2/c6-4-3(8)1-2-9-5(4)7/h1-2H,(H2,8,9). The van der Waals surface area contributed by atoms with Crippen LogP contribution in [0.5, 0.6) is 0 Å². The molecule has 1 aromatic rings. The lowest BCUT2D eigenvalue weighted by Crippen LogP contribution is -1.90. The SMILES string of the molecule is Nc1ccnc(F)c1Cl. The van der Waals surface area contributed by atoms with Crippen LogP contribution in [0.25, 0.3) is 0 Å². The zero-order valence-corrected chi connectivity index (χ0v) is 5.19. The Labute approximate surface area is 56.5 Å². The van der Waals surface area contributed by atoms with Crippen molar-refractivity contribution in [2.45, 2.75) is 0 Å². The molecule has 48 valence electrons. The summed E-state index contributed by atoms with van der Waals surface area (Å²) in [4.78, 5) is 3.26. The van der Waals surface area contributed by atoms with Crippen LogP contribution >= 0.6 is 11.6 Å². The highest BCUT2D eigenvalue weighted by atomic mass is 35.5. The van der Waals surface area contributed by atoms with E-state index in [-0.39, 0.29) is 10.7 Å². The summed E-state index contributed by atoms with van der Waals surface area (Å²) in [7, 11) is 0. The number of halogens is 2. The van der Waals surface area contributed by atoms with E-state index in [4.69, 9.17) is 17.3 Å². The molecule has 0 bridgehead atoms. The van der Waals surface area contributed by atoms with Gasteiger partial charge in [-0.25, -0.2) is 4.98 Å². The van der Waals surface area contributed by atoms with Crippen molar-refractivity contribution in [2.24, 2.45) is 0 Å². The molecule has 4 heteroatoms. The zero-order chi connectivity index (χ0) is 6.85. The zero-order valence-electron chi connectivity index (χ0n) is 4.44. The Balaban J connectivity index is 3.25. The maximum atomic E-state index is 12.3. The predicted octanol–water partition coefficient (Wildman–Crippen LogP) is 1.46. The topological polar surface area (TPSA) is 38.9 Å². The molecule has 1 rings (SSSR count). The highest BCUT2D eigenvalue weighted by Crippen LogP contribution is 2.18. The third kappa shape index (κ3) is 1.10. The number of nitrogens with two attached hydrogens (primary N) is 1. The summed E-state index contributed by atoms with van der Waals surface area (Å²) >= 11 is 5.32. The fourth-order valence-corrected chi connectivity index (χ4v) is 0.544. The lowest BCUT2D eigenvalue weighted by molar-refractivity contribution is 0.585. The number of anilines is 1. The molecule has 1 heterocycles. The molecule has 0 aromatic carbocycles. The van der Waals surface area contributed by atoms with Crippen molar-refractivity contribution in [3.63, 3.8) is 0 Å². The Morgan fingerprint density at radius 3 is 2.78 bits per heavy atom. The summed E-state index contributed by atoms with van der Waals surface area (Å²) in [6.45, 7) is 0. The van der Waals surface area contributed by atoms with E-state index in [1.165, 1.54) is 12.3 Å². The Morgan fingerprint density at radius 1 is 1.67 bits per heavy atom. The number of hydrogen-bond donors (Lipinski definition) is 1. The first-order chi connectivity index (χ1) is 4.22. The second-order valence-electron chi connectivity index (χ2n) is 1.50. The van der Waals surface area contributed by atoms with Gasteiger partial charge in [-0.3, -0.25) is 0 Å². The van der Waals surface area contributed by atoms with Gasteiger partial charge >= 0.3 is 0 Å². The second-order valence-corrected chi connectivity index (χ2v) is 1.88. The quantitative estimate of drug-likeness (QED) is 0.563. The van der Waals surface area contributed by atoms with Crippen molar-refractivity contribution in [1.82, 2.24) is 4.98 Å².